The summed E-state index contributed by atoms with van der Waals surface area (Å²) in [7, 11) is 1.46. The quantitative estimate of drug-likeness (QED) is 0.444. The molecule has 0 spiro atoms. The van der Waals surface area contributed by atoms with E-state index in [9.17, 15) is 4.79 Å². The maximum absolute atomic E-state index is 11.5. The van der Waals surface area contributed by atoms with Gasteiger partial charge in [0.2, 0.25) is 0 Å². The second-order valence-corrected chi connectivity index (χ2v) is 3.58. The van der Waals surface area contributed by atoms with Gasteiger partial charge >= 0.3 is 0 Å². The van der Waals surface area contributed by atoms with Crippen molar-refractivity contribution in [2.45, 2.75) is 32.5 Å². The third-order valence-corrected chi connectivity index (χ3v) is 2.32. The van der Waals surface area contributed by atoms with Crippen molar-refractivity contribution in [1.29, 1.82) is 5.26 Å². The first-order valence-corrected chi connectivity index (χ1v) is 4.39. The van der Waals surface area contributed by atoms with Crippen LogP contribution in [0, 0.1) is 17.4 Å². The Balaban J connectivity index is 2.63. The van der Waals surface area contributed by atoms with Crippen molar-refractivity contribution in [2.75, 3.05) is 7.05 Å². The van der Waals surface area contributed by atoms with E-state index in [1.807, 2.05) is 13.8 Å². The summed E-state index contributed by atoms with van der Waals surface area (Å²) in [5.74, 6) is -0.0300. The van der Waals surface area contributed by atoms with Crippen LogP contribution in [-0.4, -0.2) is 30.1 Å². The van der Waals surface area contributed by atoms with Gasteiger partial charge in [-0.2, -0.15) is 5.26 Å². The van der Waals surface area contributed by atoms with Crippen LogP contribution in [0.25, 0.3) is 0 Å². The molecule has 1 aliphatic rings. The van der Waals surface area contributed by atoms with Gasteiger partial charge in [0.05, 0.1) is 6.10 Å². The summed E-state index contributed by atoms with van der Waals surface area (Å²) >= 11 is 0. The minimum absolute atomic E-state index is 0.121. The van der Waals surface area contributed by atoms with E-state index in [1.54, 1.807) is 6.19 Å². The van der Waals surface area contributed by atoms with E-state index in [0.717, 1.165) is 11.3 Å². The van der Waals surface area contributed by atoms with Crippen molar-refractivity contribution in [3.63, 3.8) is 0 Å². The fourth-order valence-corrected chi connectivity index (χ4v) is 1.63. The summed E-state index contributed by atoms with van der Waals surface area (Å²) in [6.07, 6.45) is 2.36. The minimum Gasteiger partial charge on any atom is -0.365 e. The molecule has 0 bridgehead atoms. The molecule has 1 saturated heterocycles. The molecular weight excluding hydrogens is 168 g/mol. The van der Waals surface area contributed by atoms with Crippen LogP contribution in [-0.2, 0) is 9.53 Å². The molecule has 1 fully saturated rings. The Bertz CT molecular complexity index is 246. The largest absolute Gasteiger partial charge is 0.365 e. The maximum Gasteiger partial charge on any atom is 0.264 e. The highest BCUT2D eigenvalue weighted by Gasteiger charge is 2.36. The van der Waals surface area contributed by atoms with Crippen molar-refractivity contribution in [2.24, 2.45) is 5.92 Å². The van der Waals surface area contributed by atoms with E-state index >= 15 is 0 Å². The highest BCUT2D eigenvalue weighted by molar-refractivity contribution is 5.82. The molecule has 72 valence electrons. The topological polar surface area (TPSA) is 53.3 Å². The number of likely N-dealkylation sites (N-methyl/N-ethyl adjacent to an activating group) is 1. The zero-order chi connectivity index (χ0) is 10.0. The zero-order valence-corrected chi connectivity index (χ0v) is 8.15. The predicted molar refractivity (Wildman–Crippen MR) is 46.5 cm³/mol. The molecule has 0 aliphatic carbocycles. The van der Waals surface area contributed by atoms with Gasteiger partial charge in [0.25, 0.3) is 5.91 Å². The Morgan fingerprint density at radius 3 is 2.62 bits per heavy atom. The third-order valence-electron chi connectivity index (χ3n) is 2.32. The Hall–Kier alpha value is -1.08. The van der Waals surface area contributed by atoms with Crippen LogP contribution in [0.15, 0.2) is 0 Å². The molecule has 1 aliphatic heterocycles. The molecular formula is C9H14N2O2. The molecule has 0 saturated carbocycles. The smallest absolute Gasteiger partial charge is 0.264 e. The fourth-order valence-electron chi connectivity index (χ4n) is 1.63. The number of nitrogens with zero attached hydrogens (tertiary/aromatic N) is 2. The second-order valence-electron chi connectivity index (χ2n) is 3.58. The monoisotopic (exact) mass is 182 g/mol. The molecule has 0 N–H and O–H groups in total. The number of rotatable bonds is 1. The Kier molecular flexibility index (Phi) is 2.89. The van der Waals surface area contributed by atoms with Gasteiger partial charge in [-0.1, -0.05) is 6.92 Å². The minimum atomic E-state index is -0.431. The van der Waals surface area contributed by atoms with E-state index in [1.165, 1.54) is 7.05 Å². The number of hydrogen-bond acceptors (Lipinski definition) is 3. The van der Waals surface area contributed by atoms with Gasteiger partial charge in [-0.3, -0.25) is 4.79 Å². The van der Waals surface area contributed by atoms with Crippen LogP contribution in [0.2, 0.25) is 0 Å². The van der Waals surface area contributed by atoms with Crippen LogP contribution in [0.4, 0.5) is 0 Å². The first kappa shape index (κ1) is 10.0. The van der Waals surface area contributed by atoms with Crippen LogP contribution in [0.1, 0.15) is 20.3 Å². The first-order chi connectivity index (χ1) is 6.06. The zero-order valence-electron chi connectivity index (χ0n) is 8.15. The molecule has 0 radical (unpaired) electrons. The molecule has 1 amide bonds. The lowest BCUT2D eigenvalue weighted by Crippen LogP contribution is -2.36. The SMILES string of the molecule is CC1CC(C)C(C(=O)N(C)C#N)O1. The Morgan fingerprint density at radius 2 is 2.23 bits per heavy atom. The van der Waals surface area contributed by atoms with Crippen molar-refractivity contribution in [3.8, 4) is 6.19 Å². The van der Waals surface area contributed by atoms with Crippen molar-refractivity contribution in [1.82, 2.24) is 4.90 Å². The standard InChI is InChI=1S/C9H14N2O2/c1-6-4-7(2)13-8(6)9(12)11(3)5-10/h6-8H,4H2,1-3H3. The summed E-state index contributed by atoms with van der Waals surface area (Å²) in [6, 6.07) is 0. The molecule has 3 atom stereocenters. The number of carbonyl (C=O) groups is 1. The molecule has 1 rings (SSSR count). The number of amides is 1. The number of nitriles is 1. The molecule has 13 heavy (non-hydrogen) atoms. The van der Waals surface area contributed by atoms with Crippen LogP contribution in [0.3, 0.4) is 0 Å². The highest BCUT2D eigenvalue weighted by Crippen LogP contribution is 2.26. The summed E-state index contributed by atoms with van der Waals surface area (Å²) < 4.78 is 5.42. The predicted octanol–water partition coefficient (Wildman–Crippen LogP) is 0.739. The lowest BCUT2D eigenvalue weighted by atomic mass is 10.0. The molecule has 0 aromatic rings. The van der Waals surface area contributed by atoms with Gasteiger partial charge in [-0.15, -0.1) is 0 Å². The van der Waals surface area contributed by atoms with Crippen LogP contribution < -0.4 is 0 Å². The average Bonchev–Trinajstić information content (AvgIpc) is 2.42. The lowest BCUT2D eigenvalue weighted by molar-refractivity contribution is -0.139. The molecule has 1 heterocycles. The Morgan fingerprint density at radius 1 is 1.62 bits per heavy atom. The molecule has 4 nitrogen and oxygen atoms in total. The van der Waals surface area contributed by atoms with Gasteiger partial charge < -0.3 is 4.74 Å². The third kappa shape index (κ3) is 1.99. The van der Waals surface area contributed by atoms with Gasteiger partial charge in [-0.05, 0) is 19.3 Å². The summed E-state index contributed by atoms with van der Waals surface area (Å²) in [5, 5.41) is 8.52. The highest BCUT2D eigenvalue weighted by atomic mass is 16.5. The van der Waals surface area contributed by atoms with Crippen LogP contribution >= 0.6 is 0 Å². The molecule has 0 aromatic heterocycles. The lowest BCUT2D eigenvalue weighted by Gasteiger charge is -2.16. The van der Waals surface area contributed by atoms with E-state index in [-0.39, 0.29) is 17.9 Å². The van der Waals surface area contributed by atoms with Crippen LogP contribution in [0.5, 0.6) is 0 Å². The Labute approximate surface area is 78.1 Å². The van der Waals surface area contributed by atoms with Crippen molar-refractivity contribution in [3.05, 3.63) is 0 Å². The van der Waals surface area contributed by atoms with Gasteiger partial charge in [0, 0.05) is 7.05 Å². The number of carbonyl (C=O) groups excluding carboxylic acids is 1. The molecule has 4 heteroatoms. The number of hydrogen-bond donors (Lipinski definition) is 0. The van der Waals surface area contributed by atoms with E-state index in [0.29, 0.717) is 0 Å². The fraction of sp³-hybridized carbons (Fsp3) is 0.778. The van der Waals surface area contributed by atoms with E-state index in [4.69, 9.17) is 10.00 Å². The molecule has 0 aromatic carbocycles. The van der Waals surface area contributed by atoms with E-state index in [2.05, 4.69) is 0 Å². The van der Waals surface area contributed by atoms with Gasteiger partial charge in [0.1, 0.15) is 6.10 Å². The maximum atomic E-state index is 11.5. The van der Waals surface area contributed by atoms with Crippen molar-refractivity contribution >= 4 is 5.91 Å². The van der Waals surface area contributed by atoms with Crippen molar-refractivity contribution < 1.29 is 9.53 Å². The van der Waals surface area contributed by atoms with E-state index < -0.39 is 6.10 Å². The summed E-state index contributed by atoms with van der Waals surface area (Å²) in [6.45, 7) is 3.91. The first-order valence-electron chi connectivity index (χ1n) is 4.39. The second kappa shape index (κ2) is 3.75. The van der Waals surface area contributed by atoms with Gasteiger partial charge in [-0.25, -0.2) is 4.90 Å². The average molecular weight is 182 g/mol. The molecule has 3 unspecified atom stereocenters. The summed E-state index contributed by atoms with van der Waals surface area (Å²) in [4.78, 5) is 12.5. The normalized spacial score (nSPS) is 32.6. The summed E-state index contributed by atoms with van der Waals surface area (Å²) in [5.41, 5.74) is 0. The number of ether oxygens (including phenoxy) is 1. The van der Waals surface area contributed by atoms with Gasteiger partial charge in [0.15, 0.2) is 6.19 Å².